The van der Waals surface area contributed by atoms with E-state index in [4.69, 9.17) is 11.6 Å². The molecule has 42 heavy (non-hydrogen) atoms. The standard InChI is InChI=1S/C32H32BClFN7/c1-3-28(20-6-4-5-19(2)13-20)38-30-21(16-36)17-37-31-26(30)14-24(15-27(31)34)39-32(33,22-7-9-23(35)10-8-22)29-18-42(41-40-29)25-11-12-25/h4-10,13-15,17-18,25,28,39-41H,3,11-12,33H2,1-2H3,(H,37,38)/t28-,32?/m1/s1. The number of aromatic nitrogens is 1. The summed E-state index contributed by atoms with van der Waals surface area (Å²) < 4.78 is 13.9. The molecule has 2 heterocycles. The van der Waals surface area contributed by atoms with Crippen molar-refractivity contribution in [3.63, 3.8) is 0 Å². The maximum atomic E-state index is 13.9. The van der Waals surface area contributed by atoms with Crippen molar-refractivity contribution < 1.29 is 4.39 Å². The highest BCUT2D eigenvalue weighted by atomic mass is 35.5. The summed E-state index contributed by atoms with van der Waals surface area (Å²) in [6.07, 6.45) is 6.71. The summed E-state index contributed by atoms with van der Waals surface area (Å²) >= 11 is 6.85. The molecule has 0 spiro atoms. The zero-order chi connectivity index (χ0) is 29.4. The van der Waals surface area contributed by atoms with Crippen molar-refractivity contribution in [3.8, 4) is 6.07 Å². The van der Waals surface area contributed by atoms with Crippen LogP contribution < -0.4 is 21.6 Å². The lowest BCUT2D eigenvalue weighted by Crippen LogP contribution is -2.45. The van der Waals surface area contributed by atoms with Gasteiger partial charge in [-0.15, -0.1) is 5.53 Å². The van der Waals surface area contributed by atoms with Crippen LogP contribution in [0.5, 0.6) is 0 Å². The molecule has 1 unspecified atom stereocenters. The highest BCUT2D eigenvalue weighted by molar-refractivity contribution is 6.36. The smallest absolute Gasteiger partial charge is 0.148 e. The van der Waals surface area contributed by atoms with Gasteiger partial charge >= 0.3 is 0 Å². The van der Waals surface area contributed by atoms with Crippen molar-refractivity contribution in [2.24, 2.45) is 0 Å². The van der Waals surface area contributed by atoms with Crippen molar-refractivity contribution >= 4 is 41.7 Å². The molecule has 1 fully saturated rings. The van der Waals surface area contributed by atoms with E-state index in [9.17, 15) is 9.65 Å². The van der Waals surface area contributed by atoms with Crippen molar-refractivity contribution in [3.05, 3.63) is 112 Å². The number of pyridine rings is 1. The summed E-state index contributed by atoms with van der Waals surface area (Å²) in [6, 6.07) is 21.4. The minimum Gasteiger partial charge on any atom is -0.378 e. The Balaban J connectivity index is 1.44. The first kappa shape index (κ1) is 27.9. The van der Waals surface area contributed by atoms with Gasteiger partial charge < -0.3 is 16.1 Å². The molecule has 212 valence electrons. The normalized spacial score (nSPS) is 16.7. The Bertz CT molecular complexity index is 1720. The molecule has 1 aliphatic carbocycles. The highest BCUT2D eigenvalue weighted by Crippen LogP contribution is 2.39. The predicted molar refractivity (Wildman–Crippen MR) is 169 cm³/mol. The van der Waals surface area contributed by atoms with Crippen LogP contribution in [0.4, 0.5) is 15.8 Å². The fraction of sp³-hybridized carbons (Fsp3) is 0.250. The quantitative estimate of drug-likeness (QED) is 0.181. The number of anilines is 2. The molecule has 6 rings (SSSR count). The van der Waals surface area contributed by atoms with Crippen molar-refractivity contribution in [1.82, 2.24) is 21.0 Å². The number of hydrogen-bond acceptors (Lipinski definition) is 7. The van der Waals surface area contributed by atoms with E-state index in [2.05, 4.69) is 75.9 Å². The summed E-state index contributed by atoms with van der Waals surface area (Å²) in [6.45, 7) is 4.19. The van der Waals surface area contributed by atoms with Gasteiger partial charge in [-0.3, -0.25) is 9.99 Å². The largest absolute Gasteiger partial charge is 0.378 e. The van der Waals surface area contributed by atoms with E-state index in [1.807, 2.05) is 26.0 Å². The molecule has 0 amide bonds. The van der Waals surface area contributed by atoms with E-state index in [-0.39, 0.29) is 11.9 Å². The number of nitrogens with one attached hydrogen (secondary N) is 4. The van der Waals surface area contributed by atoms with E-state index in [1.165, 1.54) is 17.7 Å². The van der Waals surface area contributed by atoms with Crippen LogP contribution in [-0.2, 0) is 5.44 Å². The summed E-state index contributed by atoms with van der Waals surface area (Å²) in [4.78, 5) is 4.55. The van der Waals surface area contributed by atoms with Gasteiger partial charge in [-0.1, -0.05) is 60.5 Å². The number of rotatable bonds is 9. The van der Waals surface area contributed by atoms with Gasteiger partial charge in [0.05, 0.1) is 39.0 Å². The molecule has 10 heteroatoms. The molecule has 0 saturated heterocycles. The Kier molecular flexibility index (Phi) is 7.44. The minimum atomic E-state index is -0.775. The second kappa shape index (κ2) is 11.2. The van der Waals surface area contributed by atoms with Gasteiger partial charge in [-0.05, 0) is 61.6 Å². The van der Waals surface area contributed by atoms with E-state index in [0.29, 0.717) is 27.8 Å². The van der Waals surface area contributed by atoms with E-state index >= 15 is 0 Å². The van der Waals surface area contributed by atoms with Crippen LogP contribution in [0, 0.1) is 24.1 Å². The number of benzene rings is 3. The third kappa shape index (κ3) is 5.36. The Morgan fingerprint density at radius 2 is 2.00 bits per heavy atom. The molecule has 1 aliphatic heterocycles. The van der Waals surface area contributed by atoms with Gasteiger partial charge in [0.2, 0.25) is 0 Å². The lowest BCUT2D eigenvalue weighted by Gasteiger charge is -2.34. The van der Waals surface area contributed by atoms with E-state index in [0.717, 1.165) is 47.2 Å². The van der Waals surface area contributed by atoms with Crippen molar-refractivity contribution in [2.45, 2.75) is 50.6 Å². The maximum absolute atomic E-state index is 13.9. The summed E-state index contributed by atoms with van der Waals surface area (Å²) in [7, 11) is 2.04. The molecular weight excluding hydrogens is 548 g/mol. The van der Waals surface area contributed by atoms with Gasteiger partial charge in [0.15, 0.2) is 0 Å². The lowest BCUT2D eigenvalue weighted by atomic mass is 9.69. The third-order valence-corrected chi connectivity index (χ3v) is 8.39. The Morgan fingerprint density at radius 1 is 1.21 bits per heavy atom. The Labute approximate surface area is 251 Å². The maximum Gasteiger partial charge on any atom is 0.148 e. The zero-order valence-electron chi connectivity index (χ0n) is 23.8. The number of aryl methyl sites for hydroxylation is 1. The average Bonchev–Trinajstić information content (AvgIpc) is 3.71. The molecule has 1 saturated carbocycles. The SMILES string of the molecule is BC(Nc1cc(Cl)c2ncc(C#N)c(N[C@H](CC)c3cccc(C)c3)c2c1)(C1=CN(C2CC2)NN1)c1ccc(F)cc1. The van der Waals surface area contributed by atoms with Crippen LogP contribution in [-0.4, -0.2) is 23.9 Å². The summed E-state index contributed by atoms with van der Waals surface area (Å²) in [5, 5.41) is 20.6. The zero-order valence-corrected chi connectivity index (χ0v) is 24.6. The Morgan fingerprint density at radius 3 is 2.69 bits per heavy atom. The highest BCUT2D eigenvalue weighted by Gasteiger charge is 2.38. The van der Waals surface area contributed by atoms with Gasteiger partial charge in [-0.2, -0.15) is 5.26 Å². The molecule has 2 atom stereocenters. The van der Waals surface area contributed by atoms with Gasteiger partial charge in [0.25, 0.3) is 0 Å². The first-order chi connectivity index (χ1) is 20.3. The van der Waals surface area contributed by atoms with E-state index < -0.39 is 5.44 Å². The molecular formula is C32H32BClFN7. The van der Waals surface area contributed by atoms with Gasteiger partial charge in [-0.25, -0.2) is 4.39 Å². The molecule has 0 bridgehead atoms. The fourth-order valence-corrected chi connectivity index (χ4v) is 5.82. The summed E-state index contributed by atoms with van der Waals surface area (Å²) in [5.41, 5.74) is 12.3. The molecule has 4 N–H and O–H groups in total. The van der Waals surface area contributed by atoms with Gasteiger partial charge in [0.1, 0.15) is 19.7 Å². The summed E-state index contributed by atoms with van der Waals surface area (Å²) in [5.74, 6) is -0.300. The van der Waals surface area contributed by atoms with Crippen LogP contribution >= 0.6 is 11.6 Å². The van der Waals surface area contributed by atoms with Crippen LogP contribution in [0.2, 0.25) is 5.02 Å². The molecule has 2 aliphatic rings. The predicted octanol–water partition coefficient (Wildman–Crippen LogP) is 6.00. The topological polar surface area (TPSA) is 88.0 Å². The first-order valence-corrected chi connectivity index (χ1v) is 14.6. The van der Waals surface area contributed by atoms with Crippen LogP contribution in [0.15, 0.2) is 78.8 Å². The monoisotopic (exact) mass is 579 g/mol. The molecule has 4 aromatic rings. The molecule has 1 aromatic heterocycles. The number of nitrogens with zero attached hydrogens (tertiary/aromatic N) is 3. The number of hydrazine groups is 2. The lowest BCUT2D eigenvalue weighted by molar-refractivity contribution is 0.260. The fourth-order valence-electron chi connectivity index (χ4n) is 5.55. The minimum absolute atomic E-state index is 0.0187. The average molecular weight is 580 g/mol. The third-order valence-electron chi connectivity index (χ3n) is 8.10. The number of hydrogen-bond donors (Lipinski definition) is 4. The van der Waals surface area contributed by atoms with Crippen molar-refractivity contribution in [2.75, 3.05) is 10.6 Å². The molecule has 3 aromatic carbocycles. The van der Waals surface area contributed by atoms with E-state index in [1.54, 1.807) is 18.3 Å². The van der Waals surface area contributed by atoms with Crippen LogP contribution in [0.3, 0.4) is 0 Å². The Hall–Kier alpha value is -4.26. The van der Waals surface area contributed by atoms with Crippen LogP contribution in [0.1, 0.15) is 54.5 Å². The molecule has 7 nitrogen and oxygen atoms in total. The molecule has 0 radical (unpaired) electrons. The van der Waals surface area contributed by atoms with Gasteiger partial charge in [0, 0.05) is 29.5 Å². The number of halogens is 2. The second-order valence-electron chi connectivity index (χ2n) is 11.2. The first-order valence-electron chi connectivity index (χ1n) is 14.2. The second-order valence-corrected chi connectivity index (χ2v) is 11.6. The number of nitriles is 1. The van der Waals surface area contributed by atoms with Crippen LogP contribution in [0.25, 0.3) is 10.9 Å². The number of fused-ring (bicyclic) bond motifs is 1. The van der Waals surface area contributed by atoms with Crippen molar-refractivity contribution in [1.29, 1.82) is 5.26 Å².